The third-order valence-electron chi connectivity index (χ3n) is 3.06. The summed E-state index contributed by atoms with van der Waals surface area (Å²) in [4.78, 5) is 37.4. The van der Waals surface area contributed by atoms with Gasteiger partial charge in [-0.25, -0.2) is 0 Å². The zero-order chi connectivity index (χ0) is 17.0. The first kappa shape index (κ1) is 16.9. The lowest BCUT2D eigenvalue weighted by Gasteiger charge is -2.11. The monoisotopic (exact) mass is 332 g/mol. The van der Waals surface area contributed by atoms with Gasteiger partial charge in [-0.1, -0.05) is 11.8 Å². The number of anilines is 1. The largest absolute Gasteiger partial charge is 0.325 e. The third kappa shape index (κ3) is 4.49. The van der Waals surface area contributed by atoms with Gasteiger partial charge in [-0.15, -0.1) is 10.2 Å². The van der Waals surface area contributed by atoms with Crippen molar-refractivity contribution in [2.24, 2.45) is 0 Å². The summed E-state index contributed by atoms with van der Waals surface area (Å²) in [5.41, 5.74) is 1.13. The minimum atomic E-state index is -0.477. The molecule has 0 fully saturated rings. The lowest BCUT2D eigenvalue weighted by molar-refractivity contribution is -0.115. The van der Waals surface area contributed by atoms with Crippen LogP contribution < -0.4 is 10.9 Å². The van der Waals surface area contributed by atoms with E-state index in [0.29, 0.717) is 11.3 Å². The van der Waals surface area contributed by atoms with Gasteiger partial charge in [0, 0.05) is 11.3 Å². The molecule has 0 aliphatic heterocycles. The van der Waals surface area contributed by atoms with Crippen LogP contribution in [0.1, 0.15) is 29.9 Å². The van der Waals surface area contributed by atoms with Gasteiger partial charge >= 0.3 is 0 Å². The van der Waals surface area contributed by atoms with Crippen LogP contribution in [0.4, 0.5) is 5.69 Å². The maximum absolute atomic E-state index is 12.1. The number of H-pyrrole nitrogens is 1. The summed E-state index contributed by atoms with van der Waals surface area (Å²) in [6.45, 7) is 4.74. The molecule has 8 heteroatoms. The van der Waals surface area contributed by atoms with Gasteiger partial charge in [0.25, 0.3) is 5.56 Å². The van der Waals surface area contributed by atoms with E-state index in [4.69, 9.17) is 0 Å². The number of thioether (sulfide) groups is 1. The van der Waals surface area contributed by atoms with E-state index in [1.165, 1.54) is 6.92 Å². The van der Waals surface area contributed by atoms with Crippen LogP contribution in [-0.2, 0) is 4.79 Å². The fourth-order valence-electron chi connectivity index (χ4n) is 1.68. The number of amides is 1. The van der Waals surface area contributed by atoms with Gasteiger partial charge < -0.3 is 5.32 Å². The highest BCUT2D eigenvalue weighted by Gasteiger charge is 2.16. The molecule has 0 saturated carbocycles. The molecule has 1 aromatic heterocycles. The fraction of sp³-hybridized carbons (Fsp3) is 0.267. The average Bonchev–Trinajstić information content (AvgIpc) is 2.51. The van der Waals surface area contributed by atoms with E-state index in [0.717, 1.165) is 11.8 Å². The SMILES string of the molecule is CC(=O)c1ccc(NC(=O)C(C)Sc2nnc(C)c(=O)[nH]2)cc1. The number of hydrogen-bond donors (Lipinski definition) is 2. The number of nitrogens with zero attached hydrogens (tertiary/aromatic N) is 2. The molecule has 1 aromatic carbocycles. The fourth-order valence-corrected chi connectivity index (χ4v) is 2.42. The predicted molar refractivity (Wildman–Crippen MR) is 87.8 cm³/mol. The normalized spacial score (nSPS) is 11.8. The standard InChI is InChI=1S/C15H16N4O3S/c1-8-13(21)17-15(19-18-8)23-10(3)14(22)16-12-6-4-11(5-7-12)9(2)20/h4-7,10H,1-3H3,(H,16,22)(H,17,19,21). The molecule has 2 N–H and O–H groups in total. The zero-order valence-corrected chi connectivity index (χ0v) is 13.7. The average molecular weight is 332 g/mol. The molecule has 120 valence electrons. The van der Waals surface area contributed by atoms with Crippen molar-refractivity contribution in [3.63, 3.8) is 0 Å². The summed E-state index contributed by atoms with van der Waals surface area (Å²) >= 11 is 1.11. The van der Waals surface area contributed by atoms with Crippen molar-refractivity contribution >= 4 is 29.1 Å². The molecule has 2 aromatic rings. The Morgan fingerprint density at radius 3 is 2.43 bits per heavy atom. The van der Waals surface area contributed by atoms with Crippen LogP contribution in [0.2, 0.25) is 0 Å². The molecule has 0 aliphatic carbocycles. The van der Waals surface area contributed by atoms with E-state index in [1.54, 1.807) is 38.1 Å². The smallest absolute Gasteiger partial charge is 0.273 e. The third-order valence-corrected chi connectivity index (χ3v) is 4.03. The molecule has 0 bridgehead atoms. The number of carbonyl (C=O) groups is 2. The molecule has 0 spiro atoms. The van der Waals surface area contributed by atoms with Gasteiger partial charge in [-0.05, 0) is 45.0 Å². The first-order valence-corrected chi connectivity index (χ1v) is 7.77. The van der Waals surface area contributed by atoms with Crippen molar-refractivity contribution < 1.29 is 9.59 Å². The molecule has 1 atom stereocenters. The minimum Gasteiger partial charge on any atom is -0.325 e. The molecule has 1 unspecified atom stereocenters. The lowest BCUT2D eigenvalue weighted by Crippen LogP contribution is -2.23. The highest BCUT2D eigenvalue weighted by Crippen LogP contribution is 2.19. The second-order valence-corrected chi connectivity index (χ2v) is 6.26. The van der Waals surface area contributed by atoms with Gasteiger partial charge in [0.15, 0.2) is 10.9 Å². The zero-order valence-electron chi connectivity index (χ0n) is 12.9. The topological polar surface area (TPSA) is 105 Å². The Kier molecular flexibility index (Phi) is 5.28. The van der Waals surface area contributed by atoms with Crippen molar-refractivity contribution in [2.45, 2.75) is 31.2 Å². The number of Topliss-reactive ketones (excluding diaryl/α,β-unsaturated/α-hetero) is 1. The summed E-state index contributed by atoms with van der Waals surface area (Å²) in [6, 6.07) is 6.64. The quantitative estimate of drug-likeness (QED) is 0.639. The van der Waals surface area contributed by atoms with Crippen molar-refractivity contribution in [1.29, 1.82) is 0 Å². The van der Waals surface area contributed by atoms with Crippen molar-refractivity contribution in [3.8, 4) is 0 Å². The Morgan fingerprint density at radius 1 is 1.22 bits per heavy atom. The number of hydrogen-bond acceptors (Lipinski definition) is 6. The van der Waals surface area contributed by atoms with Gasteiger partial charge in [0.2, 0.25) is 5.91 Å². The van der Waals surface area contributed by atoms with Gasteiger partial charge in [-0.2, -0.15) is 0 Å². The lowest BCUT2D eigenvalue weighted by atomic mass is 10.1. The Labute approximate surface area is 136 Å². The minimum absolute atomic E-state index is 0.0336. The molecular formula is C15H16N4O3S. The van der Waals surface area contributed by atoms with Crippen molar-refractivity contribution in [2.75, 3.05) is 5.32 Å². The molecule has 2 rings (SSSR count). The highest BCUT2D eigenvalue weighted by molar-refractivity contribution is 8.00. The number of benzene rings is 1. The summed E-state index contributed by atoms with van der Waals surface area (Å²) < 4.78 is 0. The van der Waals surface area contributed by atoms with E-state index in [2.05, 4.69) is 20.5 Å². The molecule has 0 aliphatic rings. The van der Waals surface area contributed by atoms with E-state index in [-0.39, 0.29) is 28.1 Å². The van der Waals surface area contributed by atoms with Crippen LogP contribution >= 0.6 is 11.8 Å². The van der Waals surface area contributed by atoms with Crippen LogP contribution in [0.15, 0.2) is 34.2 Å². The van der Waals surface area contributed by atoms with Crippen LogP contribution in [0, 0.1) is 6.92 Å². The predicted octanol–water partition coefficient (Wildman–Crippen LogP) is 1.80. The summed E-state index contributed by atoms with van der Waals surface area (Å²) in [7, 11) is 0. The van der Waals surface area contributed by atoms with E-state index in [1.807, 2.05) is 0 Å². The molecule has 1 amide bonds. The van der Waals surface area contributed by atoms with Crippen LogP contribution in [0.5, 0.6) is 0 Å². The highest BCUT2D eigenvalue weighted by atomic mass is 32.2. The van der Waals surface area contributed by atoms with Gasteiger partial charge in [0.05, 0.1) is 5.25 Å². The molecule has 0 saturated heterocycles. The number of carbonyl (C=O) groups excluding carboxylic acids is 2. The van der Waals surface area contributed by atoms with Crippen molar-refractivity contribution in [3.05, 3.63) is 45.9 Å². The Hall–Kier alpha value is -2.48. The van der Waals surface area contributed by atoms with E-state index < -0.39 is 5.25 Å². The Balaban J connectivity index is 2.00. The van der Waals surface area contributed by atoms with E-state index >= 15 is 0 Å². The van der Waals surface area contributed by atoms with Crippen LogP contribution in [0.3, 0.4) is 0 Å². The van der Waals surface area contributed by atoms with Crippen LogP contribution in [-0.4, -0.2) is 32.1 Å². The summed E-state index contributed by atoms with van der Waals surface area (Å²) in [6.07, 6.45) is 0. The molecule has 0 radical (unpaired) electrons. The van der Waals surface area contributed by atoms with E-state index in [9.17, 15) is 14.4 Å². The van der Waals surface area contributed by atoms with Gasteiger partial charge in [0.1, 0.15) is 5.69 Å². The second kappa shape index (κ2) is 7.19. The maximum Gasteiger partial charge on any atom is 0.273 e. The first-order chi connectivity index (χ1) is 10.9. The molecule has 7 nitrogen and oxygen atoms in total. The van der Waals surface area contributed by atoms with Crippen molar-refractivity contribution in [1.82, 2.24) is 15.2 Å². The van der Waals surface area contributed by atoms with Crippen LogP contribution in [0.25, 0.3) is 0 Å². The number of ketones is 1. The maximum atomic E-state index is 12.1. The first-order valence-electron chi connectivity index (χ1n) is 6.89. The second-order valence-electron chi connectivity index (χ2n) is 4.93. The summed E-state index contributed by atoms with van der Waals surface area (Å²) in [5.74, 6) is -0.275. The molecule has 23 heavy (non-hydrogen) atoms. The number of rotatable bonds is 5. The molecular weight excluding hydrogens is 316 g/mol. The van der Waals surface area contributed by atoms with Gasteiger partial charge in [-0.3, -0.25) is 19.4 Å². The number of nitrogens with one attached hydrogen (secondary N) is 2. The molecule has 1 heterocycles. The Morgan fingerprint density at radius 2 is 1.87 bits per heavy atom. The summed E-state index contributed by atoms with van der Waals surface area (Å²) in [5, 5.41) is 10.1. The number of aromatic nitrogens is 3. The Bertz CT molecular complexity index is 786. The number of aryl methyl sites for hydroxylation is 1. The number of aromatic amines is 1.